The number of ether oxygens (including phenoxy) is 1. The van der Waals surface area contributed by atoms with E-state index in [0.717, 1.165) is 11.4 Å². The summed E-state index contributed by atoms with van der Waals surface area (Å²) < 4.78 is 18.9. The first-order valence-corrected chi connectivity index (χ1v) is 6.96. The van der Waals surface area contributed by atoms with Crippen molar-refractivity contribution in [3.05, 3.63) is 53.1 Å². The number of fused-ring (bicyclic) bond motifs is 1. The molecule has 1 aromatic carbocycles. The second-order valence-corrected chi connectivity index (χ2v) is 5.25. The lowest BCUT2D eigenvalue weighted by atomic mass is 10.1. The predicted octanol–water partition coefficient (Wildman–Crippen LogP) is 2.63. The summed E-state index contributed by atoms with van der Waals surface area (Å²) in [6.07, 6.45) is 1.28. The van der Waals surface area contributed by atoms with Crippen LogP contribution >= 0.6 is 11.6 Å². The molecule has 3 rings (SSSR count). The molecule has 0 bridgehead atoms. The van der Waals surface area contributed by atoms with Gasteiger partial charge in [0.2, 0.25) is 0 Å². The molecule has 0 saturated carbocycles. The molecule has 1 N–H and O–H groups in total. The minimum atomic E-state index is -0.401. The van der Waals surface area contributed by atoms with E-state index in [1.54, 1.807) is 24.4 Å². The summed E-state index contributed by atoms with van der Waals surface area (Å²) in [5.41, 5.74) is 1.50. The van der Waals surface area contributed by atoms with Crippen molar-refractivity contribution < 1.29 is 14.2 Å². The number of aliphatic hydroxyl groups is 1. The molecule has 0 radical (unpaired) electrons. The van der Waals surface area contributed by atoms with Gasteiger partial charge in [-0.2, -0.15) is 0 Å². The van der Waals surface area contributed by atoms with E-state index < -0.39 is 6.10 Å². The Balaban J connectivity index is 1.93. The van der Waals surface area contributed by atoms with Crippen molar-refractivity contribution in [3.8, 4) is 5.75 Å². The van der Waals surface area contributed by atoms with Gasteiger partial charge < -0.3 is 14.7 Å². The Hall–Kier alpha value is -1.85. The van der Waals surface area contributed by atoms with E-state index >= 15 is 0 Å². The molecule has 0 spiro atoms. The molecule has 110 valence electrons. The molecule has 0 fully saturated rings. The summed E-state index contributed by atoms with van der Waals surface area (Å²) in [5.74, 6) is 0.0514. The van der Waals surface area contributed by atoms with Gasteiger partial charge in [-0.15, -0.1) is 0 Å². The van der Waals surface area contributed by atoms with Crippen molar-refractivity contribution in [3.63, 3.8) is 0 Å². The maximum atomic E-state index is 13.3. The Bertz CT molecular complexity index is 653. The molecular weight excluding hydrogens is 295 g/mol. The fourth-order valence-electron chi connectivity index (χ4n) is 2.36. The minimum absolute atomic E-state index is 0.137. The summed E-state index contributed by atoms with van der Waals surface area (Å²) in [5, 5.41) is 9.91. The predicted molar refractivity (Wildman–Crippen MR) is 78.2 cm³/mol. The van der Waals surface area contributed by atoms with Gasteiger partial charge in [0, 0.05) is 12.3 Å². The zero-order valence-corrected chi connectivity index (χ0v) is 11.9. The number of anilines is 1. The van der Waals surface area contributed by atoms with E-state index in [9.17, 15) is 9.50 Å². The van der Waals surface area contributed by atoms with Crippen LogP contribution in [0.25, 0.3) is 0 Å². The maximum absolute atomic E-state index is 13.3. The lowest BCUT2D eigenvalue weighted by molar-refractivity contribution is 0.111. The van der Waals surface area contributed by atoms with Crippen LogP contribution in [0, 0.1) is 5.82 Å². The molecule has 1 aromatic heterocycles. The fourth-order valence-corrected chi connectivity index (χ4v) is 2.55. The average Bonchev–Trinajstić information content (AvgIpc) is 2.48. The van der Waals surface area contributed by atoms with E-state index in [0.29, 0.717) is 23.9 Å². The second-order valence-electron chi connectivity index (χ2n) is 4.85. The number of rotatable bonds is 3. The molecule has 2 aromatic rings. The van der Waals surface area contributed by atoms with Gasteiger partial charge in [0.25, 0.3) is 0 Å². The summed E-state index contributed by atoms with van der Waals surface area (Å²) in [6.45, 7) is 0.822. The largest absolute Gasteiger partial charge is 0.484 e. The Morgan fingerprint density at radius 2 is 2.29 bits per heavy atom. The van der Waals surface area contributed by atoms with E-state index in [-0.39, 0.29) is 12.4 Å². The van der Waals surface area contributed by atoms with Crippen molar-refractivity contribution in [2.75, 3.05) is 18.1 Å². The van der Waals surface area contributed by atoms with Gasteiger partial charge in [-0.05, 0) is 24.3 Å². The summed E-state index contributed by atoms with van der Waals surface area (Å²) in [6, 6.07) is 7.91. The van der Waals surface area contributed by atoms with Gasteiger partial charge in [0.05, 0.1) is 36.1 Å². The third-order valence-corrected chi connectivity index (χ3v) is 3.70. The number of aliphatic hydroxyl groups excluding tert-OH is 1. The fraction of sp³-hybridized carbons (Fsp3) is 0.267. The normalized spacial score (nSPS) is 17.3. The van der Waals surface area contributed by atoms with E-state index in [1.165, 1.54) is 12.1 Å². The molecule has 0 saturated heterocycles. The number of nitrogens with zero attached hydrogens (tertiary/aromatic N) is 2. The van der Waals surface area contributed by atoms with Crippen LogP contribution in [-0.4, -0.2) is 29.3 Å². The van der Waals surface area contributed by atoms with Gasteiger partial charge in [-0.3, -0.25) is 4.98 Å². The van der Waals surface area contributed by atoms with Crippen LogP contribution in [0.1, 0.15) is 5.69 Å². The van der Waals surface area contributed by atoms with Gasteiger partial charge in [-0.1, -0.05) is 11.6 Å². The maximum Gasteiger partial charge on any atom is 0.146 e. The van der Waals surface area contributed by atoms with Crippen molar-refractivity contribution in [2.45, 2.75) is 12.6 Å². The zero-order chi connectivity index (χ0) is 14.8. The van der Waals surface area contributed by atoms with Gasteiger partial charge in [-0.25, -0.2) is 4.39 Å². The Labute approximate surface area is 126 Å². The highest BCUT2D eigenvalue weighted by atomic mass is 35.5. The first-order valence-electron chi connectivity index (χ1n) is 6.59. The molecule has 0 amide bonds. The van der Waals surface area contributed by atoms with Crippen molar-refractivity contribution >= 4 is 17.3 Å². The molecule has 6 heteroatoms. The SMILES string of the molecule is OCC1CN(Cc2ncccc2Cl)c2ccc(F)cc2O1. The highest BCUT2D eigenvalue weighted by molar-refractivity contribution is 6.31. The number of hydrogen-bond donors (Lipinski definition) is 1. The van der Waals surface area contributed by atoms with E-state index in [1.807, 2.05) is 4.90 Å². The smallest absolute Gasteiger partial charge is 0.146 e. The highest BCUT2D eigenvalue weighted by Crippen LogP contribution is 2.35. The number of halogens is 2. The zero-order valence-electron chi connectivity index (χ0n) is 11.2. The minimum Gasteiger partial charge on any atom is -0.484 e. The standard InChI is InChI=1S/C15H14ClFN2O2/c16-12-2-1-5-18-13(12)8-19-7-11(9-20)21-15-6-10(17)3-4-14(15)19/h1-6,11,20H,7-9H2. The van der Waals surface area contributed by atoms with Gasteiger partial charge in [0.15, 0.2) is 0 Å². The first kappa shape index (κ1) is 14.1. The second kappa shape index (κ2) is 5.87. The lowest BCUT2D eigenvalue weighted by Gasteiger charge is -2.35. The van der Waals surface area contributed by atoms with Gasteiger partial charge in [0.1, 0.15) is 17.7 Å². The van der Waals surface area contributed by atoms with Crippen molar-refractivity contribution in [1.29, 1.82) is 0 Å². The molecule has 1 atom stereocenters. The Morgan fingerprint density at radius 1 is 1.43 bits per heavy atom. The third-order valence-electron chi connectivity index (χ3n) is 3.36. The third kappa shape index (κ3) is 2.94. The molecule has 1 aliphatic heterocycles. The van der Waals surface area contributed by atoms with E-state index in [2.05, 4.69) is 4.98 Å². The summed E-state index contributed by atoms with van der Waals surface area (Å²) in [7, 11) is 0. The Morgan fingerprint density at radius 3 is 3.05 bits per heavy atom. The first-order chi connectivity index (χ1) is 10.2. The van der Waals surface area contributed by atoms with Crippen LogP contribution < -0.4 is 9.64 Å². The molecule has 1 aliphatic rings. The molecule has 2 heterocycles. The number of aromatic nitrogens is 1. The monoisotopic (exact) mass is 308 g/mol. The van der Waals surface area contributed by atoms with E-state index in [4.69, 9.17) is 16.3 Å². The van der Waals surface area contributed by atoms with Crippen LogP contribution in [-0.2, 0) is 6.54 Å². The van der Waals surface area contributed by atoms with Crippen LogP contribution in [0.2, 0.25) is 5.02 Å². The van der Waals surface area contributed by atoms with Gasteiger partial charge >= 0.3 is 0 Å². The number of hydrogen-bond acceptors (Lipinski definition) is 4. The van der Waals surface area contributed by atoms with Crippen LogP contribution in [0.3, 0.4) is 0 Å². The Kier molecular flexibility index (Phi) is 3.94. The van der Waals surface area contributed by atoms with Crippen molar-refractivity contribution in [1.82, 2.24) is 4.98 Å². The quantitative estimate of drug-likeness (QED) is 0.947. The highest BCUT2D eigenvalue weighted by Gasteiger charge is 2.26. The molecule has 0 aliphatic carbocycles. The van der Waals surface area contributed by atoms with Crippen molar-refractivity contribution in [2.24, 2.45) is 0 Å². The lowest BCUT2D eigenvalue weighted by Crippen LogP contribution is -2.41. The summed E-state index contributed by atoms with van der Waals surface area (Å²) in [4.78, 5) is 6.24. The number of pyridine rings is 1. The van der Waals surface area contributed by atoms with Crippen LogP contribution in [0.5, 0.6) is 5.75 Å². The molecule has 1 unspecified atom stereocenters. The topological polar surface area (TPSA) is 45.6 Å². The summed E-state index contributed by atoms with van der Waals surface area (Å²) >= 11 is 6.14. The van der Waals surface area contributed by atoms with Crippen LogP contribution in [0.15, 0.2) is 36.5 Å². The van der Waals surface area contributed by atoms with Crippen LogP contribution in [0.4, 0.5) is 10.1 Å². The molecule has 4 nitrogen and oxygen atoms in total. The number of benzene rings is 1. The average molecular weight is 309 g/mol. The molecular formula is C15H14ClFN2O2. The molecule has 21 heavy (non-hydrogen) atoms.